The Balaban J connectivity index is 1.43. The van der Waals surface area contributed by atoms with Crippen molar-refractivity contribution in [1.82, 2.24) is 4.90 Å². The highest BCUT2D eigenvalue weighted by Crippen LogP contribution is 2.28. The molecule has 0 bridgehead atoms. The maximum atomic E-state index is 2.59. The van der Waals surface area contributed by atoms with Gasteiger partial charge in [-0.3, -0.25) is 0 Å². The van der Waals surface area contributed by atoms with Crippen LogP contribution >= 0.6 is 0 Å². The summed E-state index contributed by atoms with van der Waals surface area (Å²) in [4.78, 5) is 5.07. The third-order valence-corrected chi connectivity index (χ3v) is 7.51. The van der Waals surface area contributed by atoms with E-state index >= 15 is 0 Å². The lowest BCUT2D eigenvalue weighted by Gasteiger charge is -2.33. The average Bonchev–Trinajstić information content (AvgIpc) is 3.27. The SMILES string of the molecule is CCCCCCCCCCCCCCCCCCCN1C=CN(c2ccccc2)C1CCCC. The molecule has 1 heterocycles. The summed E-state index contributed by atoms with van der Waals surface area (Å²) in [6.45, 7) is 5.80. The molecule has 2 rings (SSSR count). The van der Waals surface area contributed by atoms with E-state index in [-0.39, 0.29) is 0 Å². The molecule has 2 nitrogen and oxygen atoms in total. The van der Waals surface area contributed by atoms with Gasteiger partial charge in [-0.15, -0.1) is 0 Å². The molecule has 0 N–H and O–H groups in total. The Kier molecular flexibility index (Phi) is 16.8. The van der Waals surface area contributed by atoms with Crippen molar-refractivity contribution in [3.63, 3.8) is 0 Å². The summed E-state index contributed by atoms with van der Waals surface area (Å²) in [5.74, 6) is 0. The fourth-order valence-corrected chi connectivity index (χ4v) is 5.31. The van der Waals surface area contributed by atoms with Crippen molar-refractivity contribution in [2.24, 2.45) is 0 Å². The summed E-state index contributed by atoms with van der Waals surface area (Å²) < 4.78 is 0. The Morgan fingerprint density at radius 3 is 1.50 bits per heavy atom. The predicted molar refractivity (Wildman–Crippen MR) is 152 cm³/mol. The Hall–Kier alpha value is -1.44. The van der Waals surface area contributed by atoms with Crippen LogP contribution in [0.5, 0.6) is 0 Å². The van der Waals surface area contributed by atoms with Gasteiger partial charge in [0.1, 0.15) is 6.17 Å². The summed E-state index contributed by atoms with van der Waals surface area (Å²) in [6.07, 6.45) is 33.4. The predicted octanol–water partition coefficient (Wildman–Crippen LogP) is 10.4. The Bertz CT molecular complexity index is 596. The van der Waals surface area contributed by atoms with E-state index in [1.807, 2.05) is 0 Å². The topological polar surface area (TPSA) is 6.48 Å². The van der Waals surface area contributed by atoms with Crippen molar-refractivity contribution < 1.29 is 0 Å². The van der Waals surface area contributed by atoms with Crippen LogP contribution in [0.1, 0.15) is 142 Å². The van der Waals surface area contributed by atoms with Crippen molar-refractivity contribution in [1.29, 1.82) is 0 Å². The maximum absolute atomic E-state index is 2.59. The molecule has 0 amide bonds. The molecule has 0 spiro atoms. The molecule has 1 aliphatic rings. The molecule has 0 aliphatic carbocycles. The van der Waals surface area contributed by atoms with Crippen LogP contribution in [0.4, 0.5) is 5.69 Å². The molecule has 1 aromatic rings. The number of nitrogens with zero attached hydrogens (tertiary/aromatic N) is 2. The first kappa shape index (κ1) is 28.8. The van der Waals surface area contributed by atoms with Gasteiger partial charge in [-0.05, 0) is 31.4 Å². The number of rotatable bonds is 22. The van der Waals surface area contributed by atoms with E-state index in [1.165, 1.54) is 141 Å². The fourth-order valence-electron chi connectivity index (χ4n) is 5.31. The van der Waals surface area contributed by atoms with Gasteiger partial charge >= 0.3 is 0 Å². The number of hydrogen-bond donors (Lipinski definition) is 0. The van der Waals surface area contributed by atoms with Gasteiger partial charge in [-0.1, -0.05) is 141 Å². The van der Waals surface area contributed by atoms with Crippen LogP contribution in [0.2, 0.25) is 0 Å². The third kappa shape index (κ3) is 12.3. The zero-order valence-electron chi connectivity index (χ0n) is 22.9. The lowest BCUT2D eigenvalue weighted by molar-refractivity contribution is 0.274. The fraction of sp³-hybridized carbons (Fsp3) is 0.750. The molecule has 0 aromatic heterocycles. The van der Waals surface area contributed by atoms with Gasteiger partial charge in [0.25, 0.3) is 0 Å². The van der Waals surface area contributed by atoms with Crippen LogP contribution in [0.3, 0.4) is 0 Å². The molecule has 194 valence electrons. The molecule has 0 fully saturated rings. The molecule has 1 aromatic carbocycles. The molecule has 0 saturated heterocycles. The van der Waals surface area contributed by atoms with Crippen LogP contribution in [0, 0.1) is 0 Å². The molecule has 0 saturated carbocycles. The van der Waals surface area contributed by atoms with E-state index in [0.717, 1.165) is 0 Å². The van der Waals surface area contributed by atoms with Gasteiger partial charge in [-0.2, -0.15) is 0 Å². The second-order valence-electron chi connectivity index (χ2n) is 10.6. The number of hydrogen-bond acceptors (Lipinski definition) is 2. The van der Waals surface area contributed by atoms with Gasteiger partial charge < -0.3 is 9.80 Å². The van der Waals surface area contributed by atoms with Crippen LogP contribution in [-0.4, -0.2) is 17.6 Å². The molecule has 1 atom stereocenters. The quantitative estimate of drug-likeness (QED) is 0.156. The van der Waals surface area contributed by atoms with Crippen molar-refractivity contribution in [2.75, 3.05) is 11.4 Å². The van der Waals surface area contributed by atoms with Crippen LogP contribution in [-0.2, 0) is 0 Å². The first-order valence-electron chi connectivity index (χ1n) is 15.1. The lowest BCUT2D eigenvalue weighted by atomic mass is 10.0. The molecule has 2 heteroatoms. The smallest absolute Gasteiger partial charge is 0.105 e. The molecular weight excluding hydrogens is 412 g/mol. The van der Waals surface area contributed by atoms with Crippen molar-refractivity contribution >= 4 is 5.69 Å². The number of benzene rings is 1. The van der Waals surface area contributed by atoms with Crippen molar-refractivity contribution in [2.45, 2.75) is 148 Å². The summed E-state index contributed by atoms with van der Waals surface area (Å²) in [7, 11) is 0. The highest BCUT2D eigenvalue weighted by Gasteiger charge is 2.26. The largest absolute Gasteiger partial charge is 0.356 e. The first-order chi connectivity index (χ1) is 16.9. The van der Waals surface area contributed by atoms with E-state index in [2.05, 4.69) is 66.4 Å². The van der Waals surface area contributed by atoms with Gasteiger partial charge in [0, 0.05) is 24.6 Å². The Labute approximate surface area is 213 Å². The van der Waals surface area contributed by atoms with Crippen molar-refractivity contribution in [3.05, 3.63) is 42.7 Å². The maximum Gasteiger partial charge on any atom is 0.105 e. The zero-order chi connectivity index (χ0) is 24.1. The minimum Gasteiger partial charge on any atom is -0.356 e. The van der Waals surface area contributed by atoms with E-state index in [9.17, 15) is 0 Å². The van der Waals surface area contributed by atoms with Gasteiger partial charge in [-0.25, -0.2) is 0 Å². The monoisotopic (exact) mass is 468 g/mol. The summed E-state index contributed by atoms with van der Waals surface area (Å²) in [5.41, 5.74) is 1.32. The van der Waals surface area contributed by atoms with E-state index in [4.69, 9.17) is 0 Å². The van der Waals surface area contributed by atoms with Crippen LogP contribution < -0.4 is 4.90 Å². The molecule has 1 unspecified atom stereocenters. The second-order valence-corrected chi connectivity index (χ2v) is 10.6. The van der Waals surface area contributed by atoms with Crippen LogP contribution in [0.25, 0.3) is 0 Å². The van der Waals surface area contributed by atoms with E-state index in [0.29, 0.717) is 6.17 Å². The highest BCUT2D eigenvalue weighted by atomic mass is 15.4. The van der Waals surface area contributed by atoms with E-state index in [1.54, 1.807) is 0 Å². The molecule has 34 heavy (non-hydrogen) atoms. The van der Waals surface area contributed by atoms with Gasteiger partial charge in [0.15, 0.2) is 0 Å². The minimum absolute atomic E-state index is 0.503. The van der Waals surface area contributed by atoms with Crippen molar-refractivity contribution in [3.8, 4) is 0 Å². The molecule has 0 radical (unpaired) electrons. The van der Waals surface area contributed by atoms with Crippen LogP contribution in [0.15, 0.2) is 42.7 Å². The zero-order valence-corrected chi connectivity index (χ0v) is 22.9. The average molecular weight is 469 g/mol. The Morgan fingerprint density at radius 1 is 0.529 bits per heavy atom. The minimum atomic E-state index is 0.503. The summed E-state index contributed by atoms with van der Waals surface area (Å²) in [6, 6.07) is 10.9. The highest BCUT2D eigenvalue weighted by molar-refractivity contribution is 5.51. The Morgan fingerprint density at radius 2 is 1.00 bits per heavy atom. The summed E-state index contributed by atoms with van der Waals surface area (Å²) in [5, 5.41) is 0. The van der Waals surface area contributed by atoms with Gasteiger partial charge in [0.05, 0.1) is 0 Å². The normalized spacial score (nSPS) is 15.5. The number of unbranched alkanes of at least 4 members (excludes halogenated alkanes) is 17. The van der Waals surface area contributed by atoms with E-state index < -0.39 is 0 Å². The molecule has 1 aliphatic heterocycles. The standard InChI is InChI=1S/C32H56N2/c1-3-5-7-8-9-10-11-12-13-14-15-16-17-18-19-20-24-28-33-29-30-34(32(33)27-6-4-2)31-25-22-21-23-26-31/h21-23,25-26,29-30,32H,3-20,24,27-28H2,1-2H3. The second kappa shape index (κ2) is 19.8. The summed E-state index contributed by atoms with van der Waals surface area (Å²) >= 11 is 0. The van der Waals surface area contributed by atoms with Gasteiger partial charge in [0.2, 0.25) is 0 Å². The molecular formula is C32H56N2. The number of anilines is 1. The lowest BCUT2D eigenvalue weighted by Crippen LogP contribution is -2.39. The third-order valence-electron chi connectivity index (χ3n) is 7.51. The first-order valence-corrected chi connectivity index (χ1v) is 15.1. The number of para-hydroxylation sites is 1.